The monoisotopic (exact) mass is 293 g/mol. The molecular formula is C15H19NO5. The van der Waals surface area contributed by atoms with E-state index >= 15 is 0 Å². The molecule has 0 radical (unpaired) electrons. The molecule has 1 rings (SSSR count). The largest absolute Gasteiger partial charge is 0.493 e. The van der Waals surface area contributed by atoms with Crippen molar-refractivity contribution in [2.24, 2.45) is 0 Å². The average Bonchev–Trinajstić information content (AvgIpc) is 2.49. The lowest BCUT2D eigenvalue weighted by molar-refractivity contribution is -0.131. The lowest BCUT2D eigenvalue weighted by Gasteiger charge is -2.11. The van der Waals surface area contributed by atoms with Crippen LogP contribution in [0.3, 0.4) is 0 Å². The number of carbonyl (C=O) groups is 2. The van der Waals surface area contributed by atoms with Crippen molar-refractivity contribution in [3.8, 4) is 11.5 Å². The van der Waals surface area contributed by atoms with Crippen LogP contribution in [-0.4, -0.2) is 37.7 Å². The molecule has 0 atom stereocenters. The summed E-state index contributed by atoms with van der Waals surface area (Å²) in [6.45, 7) is 0.371. The zero-order valence-electron chi connectivity index (χ0n) is 12.1. The third-order valence-electron chi connectivity index (χ3n) is 2.69. The molecule has 0 spiro atoms. The maximum absolute atomic E-state index is 11.1. The predicted molar refractivity (Wildman–Crippen MR) is 78.5 cm³/mol. The first-order valence-corrected chi connectivity index (χ1v) is 6.49. The zero-order valence-corrected chi connectivity index (χ0v) is 12.1. The second kappa shape index (κ2) is 8.63. The highest BCUT2D eigenvalue weighted by atomic mass is 16.5. The molecule has 0 saturated carbocycles. The fourth-order valence-corrected chi connectivity index (χ4v) is 1.62. The van der Waals surface area contributed by atoms with Crippen LogP contribution in [0.5, 0.6) is 11.5 Å². The van der Waals surface area contributed by atoms with Gasteiger partial charge >= 0.3 is 5.97 Å². The third kappa shape index (κ3) is 5.99. The van der Waals surface area contributed by atoms with Crippen LogP contribution in [0.1, 0.15) is 18.4 Å². The van der Waals surface area contributed by atoms with Crippen molar-refractivity contribution in [2.75, 3.05) is 20.8 Å². The van der Waals surface area contributed by atoms with Gasteiger partial charge in [-0.3, -0.25) is 4.79 Å². The highest BCUT2D eigenvalue weighted by Crippen LogP contribution is 2.28. The van der Waals surface area contributed by atoms with Gasteiger partial charge in [0.1, 0.15) is 0 Å². The van der Waals surface area contributed by atoms with E-state index in [9.17, 15) is 9.59 Å². The number of amides is 1. The first-order chi connectivity index (χ1) is 10.1. The Hall–Kier alpha value is -2.50. The number of carbonyl (C=O) groups excluding carboxylic acids is 1. The highest BCUT2D eigenvalue weighted by molar-refractivity contribution is 5.85. The summed E-state index contributed by atoms with van der Waals surface area (Å²) in [5, 5.41) is 11.2. The van der Waals surface area contributed by atoms with Gasteiger partial charge in [0.25, 0.3) is 0 Å². The predicted octanol–water partition coefficient (Wildman–Crippen LogP) is 1.70. The smallest absolute Gasteiger partial charge is 0.328 e. The third-order valence-corrected chi connectivity index (χ3v) is 2.69. The maximum Gasteiger partial charge on any atom is 0.328 e. The van der Waals surface area contributed by atoms with Crippen molar-refractivity contribution in [2.45, 2.75) is 12.8 Å². The zero-order chi connectivity index (χ0) is 15.7. The van der Waals surface area contributed by atoms with E-state index in [4.69, 9.17) is 14.6 Å². The van der Waals surface area contributed by atoms with Crippen molar-refractivity contribution in [3.05, 3.63) is 29.8 Å². The van der Waals surface area contributed by atoms with E-state index in [0.717, 1.165) is 6.08 Å². The number of carboxylic acid groups (broad SMARTS) is 1. The second-order valence-corrected chi connectivity index (χ2v) is 4.21. The van der Waals surface area contributed by atoms with E-state index in [0.29, 0.717) is 36.5 Å². The molecule has 0 aliphatic heterocycles. The Morgan fingerprint density at radius 3 is 2.71 bits per heavy atom. The summed E-state index contributed by atoms with van der Waals surface area (Å²) in [6.07, 6.45) is 3.49. The van der Waals surface area contributed by atoms with Crippen LogP contribution in [-0.2, 0) is 9.59 Å². The van der Waals surface area contributed by atoms with Gasteiger partial charge in [-0.1, -0.05) is 6.07 Å². The number of methoxy groups -OCH3 is 1. The van der Waals surface area contributed by atoms with Crippen LogP contribution < -0.4 is 14.8 Å². The van der Waals surface area contributed by atoms with E-state index in [-0.39, 0.29) is 5.91 Å². The Bertz CT molecular complexity index is 525. The molecule has 0 bridgehead atoms. The molecule has 0 aromatic heterocycles. The summed E-state index contributed by atoms with van der Waals surface area (Å²) in [6, 6.07) is 5.13. The van der Waals surface area contributed by atoms with Gasteiger partial charge in [-0.15, -0.1) is 0 Å². The second-order valence-electron chi connectivity index (χ2n) is 4.21. The molecule has 0 fully saturated rings. The van der Waals surface area contributed by atoms with Gasteiger partial charge in [-0.2, -0.15) is 0 Å². The van der Waals surface area contributed by atoms with Crippen LogP contribution in [0.15, 0.2) is 24.3 Å². The minimum Gasteiger partial charge on any atom is -0.493 e. The molecule has 1 aromatic carbocycles. The molecule has 0 aliphatic carbocycles. The van der Waals surface area contributed by atoms with Gasteiger partial charge in [0.15, 0.2) is 11.5 Å². The first kappa shape index (κ1) is 16.6. The Morgan fingerprint density at radius 2 is 2.10 bits per heavy atom. The van der Waals surface area contributed by atoms with Crippen LogP contribution in [0.2, 0.25) is 0 Å². The Morgan fingerprint density at radius 1 is 1.33 bits per heavy atom. The van der Waals surface area contributed by atoms with Gasteiger partial charge < -0.3 is 19.9 Å². The number of hydrogen-bond donors (Lipinski definition) is 2. The lowest BCUT2D eigenvalue weighted by atomic mass is 10.2. The number of ether oxygens (including phenoxy) is 2. The minimum atomic E-state index is -1.01. The summed E-state index contributed by atoms with van der Waals surface area (Å²) >= 11 is 0. The number of nitrogens with one attached hydrogen (secondary N) is 1. The summed E-state index contributed by atoms with van der Waals surface area (Å²) in [5.41, 5.74) is 0.694. The fraction of sp³-hybridized carbons (Fsp3) is 0.333. The SMILES string of the molecule is CNC(=O)CCCOc1cc(C=CC(=O)O)ccc1OC. The van der Waals surface area contributed by atoms with Gasteiger partial charge in [0, 0.05) is 19.5 Å². The van der Waals surface area contributed by atoms with Crippen molar-refractivity contribution in [1.82, 2.24) is 5.32 Å². The van der Waals surface area contributed by atoms with Crippen LogP contribution in [0, 0.1) is 0 Å². The highest BCUT2D eigenvalue weighted by Gasteiger charge is 2.06. The number of aliphatic carboxylic acids is 1. The minimum absolute atomic E-state index is 0.0382. The number of hydrogen-bond acceptors (Lipinski definition) is 4. The molecule has 0 heterocycles. The van der Waals surface area contributed by atoms with Crippen molar-refractivity contribution >= 4 is 18.0 Å². The van der Waals surface area contributed by atoms with E-state index in [2.05, 4.69) is 5.32 Å². The van der Waals surface area contributed by atoms with Crippen molar-refractivity contribution in [1.29, 1.82) is 0 Å². The quantitative estimate of drug-likeness (QED) is 0.563. The van der Waals surface area contributed by atoms with Crippen LogP contribution >= 0.6 is 0 Å². The van der Waals surface area contributed by atoms with Crippen LogP contribution in [0.25, 0.3) is 6.08 Å². The molecule has 0 aliphatic rings. The van der Waals surface area contributed by atoms with Gasteiger partial charge in [0.2, 0.25) is 5.91 Å². The molecule has 6 heteroatoms. The van der Waals surface area contributed by atoms with Crippen molar-refractivity contribution < 1.29 is 24.2 Å². The number of rotatable bonds is 8. The molecule has 114 valence electrons. The summed E-state index contributed by atoms with van der Waals surface area (Å²) in [4.78, 5) is 21.6. The Balaban J connectivity index is 2.67. The van der Waals surface area contributed by atoms with E-state index in [1.165, 1.54) is 13.2 Å². The van der Waals surface area contributed by atoms with Crippen LogP contribution in [0.4, 0.5) is 0 Å². The molecule has 0 saturated heterocycles. The normalized spacial score (nSPS) is 10.4. The van der Waals surface area contributed by atoms with E-state index < -0.39 is 5.97 Å². The maximum atomic E-state index is 11.1. The summed E-state index contributed by atoms with van der Waals surface area (Å²) in [5.74, 6) is 0.0203. The topological polar surface area (TPSA) is 84.9 Å². The fourth-order valence-electron chi connectivity index (χ4n) is 1.62. The average molecular weight is 293 g/mol. The molecule has 6 nitrogen and oxygen atoms in total. The molecular weight excluding hydrogens is 274 g/mol. The van der Waals surface area contributed by atoms with Gasteiger partial charge in [0.05, 0.1) is 13.7 Å². The first-order valence-electron chi connectivity index (χ1n) is 6.49. The molecule has 0 unspecified atom stereocenters. The number of benzene rings is 1. The van der Waals surface area contributed by atoms with E-state index in [1.54, 1.807) is 25.2 Å². The molecule has 21 heavy (non-hydrogen) atoms. The van der Waals surface area contributed by atoms with E-state index in [1.807, 2.05) is 0 Å². The van der Waals surface area contributed by atoms with Gasteiger partial charge in [-0.05, 0) is 30.2 Å². The standard InChI is InChI=1S/C15H19NO5/c1-16-14(17)4-3-9-21-13-10-11(6-8-15(18)19)5-7-12(13)20-2/h5-8,10H,3-4,9H2,1-2H3,(H,16,17)(H,18,19). The number of carboxylic acids is 1. The summed E-state index contributed by atoms with van der Waals surface area (Å²) < 4.78 is 10.8. The Kier molecular flexibility index (Phi) is 6.80. The Labute approximate surface area is 123 Å². The molecule has 1 amide bonds. The molecule has 1 aromatic rings. The van der Waals surface area contributed by atoms with Crippen molar-refractivity contribution in [3.63, 3.8) is 0 Å². The van der Waals surface area contributed by atoms with Gasteiger partial charge in [-0.25, -0.2) is 4.79 Å². The summed E-state index contributed by atoms with van der Waals surface area (Å²) in [7, 11) is 3.12. The lowest BCUT2D eigenvalue weighted by Crippen LogP contribution is -2.18. The molecule has 2 N–H and O–H groups in total.